The van der Waals surface area contributed by atoms with Gasteiger partial charge in [0.1, 0.15) is 5.82 Å². The molecule has 0 saturated carbocycles. The van der Waals surface area contributed by atoms with Crippen molar-refractivity contribution >= 4 is 38.0 Å². The van der Waals surface area contributed by atoms with Gasteiger partial charge in [-0.15, -0.1) is 11.3 Å². The number of hydrogen-bond donors (Lipinski definition) is 0. The van der Waals surface area contributed by atoms with Gasteiger partial charge < -0.3 is 0 Å². The van der Waals surface area contributed by atoms with Crippen molar-refractivity contribution in [2.45, 2.75) is 4.83 Å². The van der Waals surface area contributed by atoms with Crippen molar-refractivity contribution in [3.05, 3.63) is 70.2 Å². The van der Waals surface area contributed by atoms with Crippen LogP contribution in [0.5, 0.6) is 0 Å². The van der Waals surface area contributed by atoms with Gasteiger partial charge in [0.2, 0.25) is 0 Å². The molecular weight excluding hydrogens is 311 g/mol. The van der Waals surface area contributed by atoms with Crippen LogP contribution in [0.15, 0.2) is 53.9 Å². The molecule has 3 rings (SSSR count). The number of hydrogen-bond acceptors (Lipinski definition) is 1. The van der Waals surface area contributed by atoms with Crippen LogP contribution in [0.4, 0.5) is 4.39 Å². The third kappa shape index (κ3) is 1.98. The van der Waals surface area contributed by atoms with Crippen molar-refractivity contribution in [2.75, 3.05) is 0 Å². The molecule has 1 heterocycles. The van der Waals surface area contributed by atoms with Gasteiger partial charge in [0.05, 0.1) is 4.83 Å². The van der Waals surface area contributed by atoms with Crippen molar-refractivity contribution in [1.82, 2.24) is 0 Å². The molecule has 0 aliphatic carbocycles. The summed E-state index contributed by atoms with van der Waals surface area (Å²) in [5.74, 6) is -0.166. The molecule has 0 saturated heterocycles. The largest absolute Gasteiger partial charge is 0.206 e. The lowest BCUT2D eigenvalue weighted by Crippen LogP contribution is -1.93. The summed E-state index contributed by atoms with van der Waals surface area (Å²) >= 11 is 5.40. The summed E-state index contributed by atoms with van der Waals surface area (Å²) in [6.07, 6.45) is 0. The minimum Gasteiger partial charge on any atom is -0.206 e. The number of rotatable bonds is 2. The highest BCUT2D eigenvalue weighted by Crippen LogP contribution is 2.37. The molecule has 0 bridgehead atoms. The lowest BCUT2D eigenvalue weighted by Gasteiger charge is -2.12. The second kappa shape index (κ2) is 4.82. The van der Waals surface area contributed by atoms with Crippen LogP contribution >= 0.6 is 27.3 Å². The van der Waals surface area contributed by atoms with Gasteiger partial charge in [0.15, 0.2) is 0 Å². The molecule has 3 aromatic rings. The smallest absolute Gasteiger partial charge is 0.131 e. The summed E-state index contributed by atoms with van der Waals surface area (Å²) in [7, 11) is 0. The Morgan fingerprint density at radius 2 is 1.72 bits per heavy atom. The molecule has 1 aromatic heterocycles. The van der Waals surface area contributed by atoms with Gasteiger partial charge >= 0.3 is 0 Å². The molecule has 0 nitrogen and oxygen atoms in total. The first-order valence-electron chi connectivity index (χ1n) is 5.62. The zero-order valence-corrected chi connectivity index (χ0v) is 11.8. The Kier molecular flexibility index (Phi) is 3.18. The second-order valence-electron chi connectivity index (χ2n) is 4.06. The molecule has 0 radical (unpaired) electrons. The molecule has 1 unspecified atom stereocenters. The van der Waals surface area contributed by atoms with Crippen LogP contribution in [-0.4, -0.2) is 0 Å². The minimum atomic E-state index is -0.166. The van der Waals surface area contributed by atoms with E-state index in [-0.39, 0.29) is 10.6 Å². The molecule has 90 valence electrons. The van der Waals surface area contributed by atoms with Gasteiger partial charge in [-0.3, -0.25) is 0 Å². The molecule has 0 aliphatic rings. The van der Waals surface area contributed by atoms with E-state index >= 15 is 0 Å². The zero-order chi connectivity index (χ0) is 12.5. The van der Waals surface area contributed by atoms with Crippen LogP contribution in [0.3, 0.4) is 0 Å². The van der Waals surface area contributed by atoms with Crippen molar-refractivity contribution in [2.24, 2.45) is 0 Å². The third-order valence-corrected chi connectivity index (χ3v) is 5.20. The fourth-order valence-electron chi connectivity index (χ4n) is 2.10. The first-order chi connectivity index (χ1) is 8.77. The zero-order valence-electron chi connectivity index (χ0n) is 9.44. The molecule has 0 N–H and O–H groups in total. The normalized spacial score (nSPS) is 12.8. The molecule has 18 heavy (non-hydrogen) atoms. The summed E-state index contributed by atoms with van der Waals surface area (Å²) in [6, 6.07) is 15.1. The Bertz CT molecular complexity index is 676. The van der Waals surface area contributed by atoms with E-state index in [1.165, 1.54) is 4.88 Å². The molecule has 1 atom stereocenters. The lowest BCUT2D eigenvalue weighted by molar-refractivity contribution is 0.639. The van der Waals surface area contributed by atoms with E-state index in [4.69, 9.17) is 0 Å². The number of thiophene rings is 1. The van der Waals surface area contributed by atoms with Gasteiger partial charge in [0.25, 0.3) is 0 Å². The van der Waals surface area contributed by atoms with E-state index in [0.29, 0.717) is 5.39 Å². The van der Waals surface area contributed by atoms with Crippen LogP contribution in [-0.2, 0) is 0 Å². The summed E-state index contributed by atoms with van der Waals surface area (Å²) < 4.78 is 13.8. The molecule has 0 aliphatic heterocycles. The molecular formula is C15H10BrFS. The maximum Gasteiger partial charge on any atom is 0.131 e. The number of alkyl halides is 1. The summed E-state index contributed by atoms with van der Waals surface area (Å²) in [6.45, 7) is 0. The molecule has 0 spiro atoms. The first-order valence-corrected chi connectivity index (χ1v) is 7.41. The Morgan fingerprint density at radius 3 is 2.44 bits per heavy atom. The van der Waals surface area contributed by atoms with E-state index in [1.807, 2.05) is 36.4 Å². The van der Waals surface area contributed by atoms with Crippen molar-refractivity contribution < 1.29 is 4.39 Å². The topological polar surface area (TPSA) is 0 Å². The van der Waals surface area contributed by atoms with Crippen molar-refractivity contribution in [1.29, 1.82) is 0 Å². The van der Waals surface area contributed by atoms with Gasteiger partial charge in [-0.2, -0.15) is 0 Å². The summed E-state index contributed by atoms with van der Waals surface area (Å²) in [5, 5.41) is 3.69. The van der Waals surface area contributed by atoms with E-state index in [1.54, 1.807) is 17.4 Å². The molecule has 2 aromatic carbocycles. The standard InChI is InChI=1S/C15H10BrFS/c16-15(14-6-3-9-18-14)12-7-8-13(17)11-5-2-1-4-10(11)12/h1-9,15H. The molecule has 0 fully saturated rings. The maximum absolute atomic E-state index is 13.8. The van der Waals surface area contributed by atoms with Gasteiger partial charge in [-0.25, -0.2) is 4.39 Å². The second-order valence-corrected chi connectivity index (χ2v) is 5.96. The Balaban J connectivity index is 2.21. The van der Waals surface area contributed by atoms with Crippen molar-refractivity contribution in [3.8, 4) is 0 Å². The molecule has 3 heteroatoms. The third-order valence-electron chi connectivity index (χ3n) is 2.97. The summed E-state index contributed by atoms with van der Waals surface area (Å²) in [5.41, 5.74) is 1.11. The monoisotopic (exact) mass is 320 g/mol. The van der Waals surface area contributed by atoms with Crippen LogP contribution in [0.25, 0.3) is 10.8 Å². The Morgan fingerprint density at radius 1 is 0.944 bits per heavy atom. The van der Waals surface area contributed by atoms with Crippen molar-refractivity contribution in [3.63, 3.8) is 0 Å². The average Bonchev–Trinajstić information content (AvgIpc) is 2.93. The fourth-order valence-corrected chi connectivity index (χ4v) is 3.69. The number of halogens is 2. The van der Waals surface area contributed by atoms with Gasteiger partial charge in [-0.05, 0) is 28.5 Å². The van der Waals surface area contributed by atoms with Crippen LogP contribution in [0.2, 0.25) is 0 Å². The fraction of sp³-hybridized carbons (Fsp3) is 0.0667. The number of fused-ring (bicyclic) bond motifs is 1. The van der Waals surface area contributed by atoms with E-state index in [0.717, 1.165) is 10.9 Å². The number of benzene rings is 2. The van der Waals surface area contributed by atoms with E-state index < -0.39 is 0 Å². The SMILES string of the molecule is Fc1ccc(C(Br)c2cccs2)c2ccccc12. The predicted octanol–water partition coefficient (Wildman–Crippen LogP) is 5.52. The Labute approximate surface area is 117 Å². The van der Waals surface area contributed by atoms with Gasteiger partial charge in [-0.1, -0.05) is 52.3 Å². The first kappa shape index (κ1) is 11.9. The highest BCUT2D eigenvalue weighted by molar-refractivity contribution is 9.09. The quantitative estimate of drug-likeness (QED) is 0.545. The Hall–Kier alpha value is -1.19. The minimum absolute atomic E-state index is 0.114. The average molecular weight is 321 g/mol. The van der Waals surface area contributed by atoms with E-state index in [9.17, 15) is 4.39 Å². The highest BCUT2D eigenvalue weighted by atomic mass is 79.9. The highest BCUT2D eigenvalue weighted by Gasteiger charge is 2.15. The van der Waals surface area contributed by atoms with Crippen LogP contribution < -0.4 is 0 Å². The lowest BCUT2D eigenvalue weighted by atomic mass is 10.0. The maximum atomic E-state index is 13.8. The van der Waals surface area contributed by atoms with Crippen LogP contribution in [0, 0.1) is 5.82 Å². The van der Waals surface area contributed by atoms with Crippen LogP contribution in [0.1, 0.15) is 15.3 Å². The van der Waals surface area contributed by atoms with E-state index in [2.05, 4.69) is 27.4 Å². The summed E-state index contributed by atoms with van der Waals surface area (Å²) in [4.78, 5) is 1.34. The predicted molar refractivity (Wildman–Crippen MR) is 79.0 cm³/mol. The van der Waals surface area contributed by atoms with Gasteiger partial charge in [0, 0.05) is 10.3 Å². The molecule has 0 amide bonds.